The van der Waals surface area contributed by atoms with Gasteiger partial charge in [-0.25, -0.2) is 0 Å². The van der Waals surface area contributed by atoms with Gasteiger partial charge in [-0.1, -0.05) is 48.0 Å². The van der Waals surface area contributed by atoms with Gasteiger partial charge in [0.25, 0.3) is 0 Å². The van der Waals surface area contributed by atoms with Gasteiger partial charge in [0.05, 0.1) is 5.38 Å². The summed E-state index contributed by atoms with van der Waals surface area (Å²) in [6.07, 6.45) is 0. The van der Waals surface area contributed by atoms with Crippen molar-refractivity contribution in [2.24, 2.45) is 0 Å². The van der Waals surface area contributed by atoms with E-state index in [1.807, 2.05) is 6.07 Å². The lowest BCUT2D eigenvalue weighted by Gasteiger charge is -2.25. The molecular formula is C17H20ClN. The Morgan fingerprint density at radius 3 is 2.21 bits per heavy atom. The summed E-state index contributed by atoms with van der Waals surface area (Å²) in [5.41, 5.74) is 3.67. The molecule has 0 aliphatic heterocycles. The zero-order valence-electron chi connectivity index (χ0n) is 11.5. The molecule has 1 nitrogen and oxygen atoms in total. The van der Waals surface area contributed by atoms with Gasteiger partial charge >= 0.3 is 0 Å². The molecule has 0 amide bonds. The molecule has 2 aromatic carbocycles. The number of halogens is 1. The van der Waals surface area contributed by atoms with Gasteiger partial charge in [0.2, 0.25) is 0 Å². The summed E-state index contributed by atoms with van der Waals surface area (Å²) in [5, 5.41) is 0.0146. The van der Waals surface area contributed by atoms with Crippen LogP contribution in [0.25, 0.3) is 0 Å². The van der Waals surface area contributed by atoms with Crippen molar-refractivity contribution >= 4 is 17.3 Å². The zero-order chi connectivity index (χ0) is 13.7. The van der Waals surface area contributed by atoms with E-state index in [1.54, 1.807) is 0 Å². The molecule has 0 N–H and O–H groups in total. The van der Waals surface area contributed by atoms with Crippen molar-refractivity contribution in [3.8, 4) is 0 Å². The molecule has 1 unspecified atom stereocenters. The number of hydrogen-bond donors (Lipinski definition) is 0. The molecule has 0 saturated carbocycles. The number of para-hydroxylation sites is 1. The maximum atomic E-state index is 6.54. The highest BCUT2D eigenvalue weighted by Gasteiger charge is 2.12. The Balaban J connectivity index is 2.08. The first kappa shape index (κ1) is 14.0. The highest BCUT2D eigenvalue weighted by Crippen LogP contribution is 2.24. The fraction of sp³-hybridized carbons (Fsp3) is 0.294. The van der Waals surface area contributed by atoms with Crippen LogP contribution in [-0.4, -0.2) is 13.1 Å². The second kappa shape index (κ2) is 6.63. The third kappa shape index (κ3) is 3.74. The van der Waals surface area contributed by atoms with Crippen molar-refractivity contribution in [2.75, 3.05) is 18.0 Å². The van der Waals surface area contributed by atoms with E-state index >= 15 is 0 Å². The first-order chi connectivity index (χ1) is 9.20. The van der Waals surface area contributed by atoms with E-state index in [2.05, 4.69) is 67.3 Å². The van der Waals surface area contributed by atoms with Crippen molar-refractivity contribution in [1.29, 1.82) is 0 Å². The molecule has 0 bridgehead atoms. The molecule has 1 atom stereocenters. The molecule has 19 heavy (non-hydrogen) atoms. The van der Waals surface area contributed by atoms with Crippen LogP contribution in [0.1, 0.15) is 23.4 Å². The summed E-state index contributed by atoms with van der Waals surface area (Å²) in [5.74, 6) is 0. The molecule has 0 spiro atoms. The monoisotopic (exact) mass is 273 g/mol. The highest BCUT2D eigenvalue weighted by atomic mass is 35.5. The van der Waals surface area contributed by atoms with Gasteiger partial charge in [0, 0.05) is 18.8 Å². The van der Waals surface area contributed by atoms with E-state index in [1.165, 1.54) is 16.8 Å². The van der Waals surface area contributed by atoms with Crippen LogP contribution < -0.4 is 4.90 Å². The fourth-order valence-corrected chi connectivity index (χ4v) is 2.44. The van der Waals surface area contributed by atoms with Crippen LogP contribution in [0, 0.1) is 6.92 Å². The maximum Gasteiger partial charge on any atom is 0.0760 e. The molecule has 0 saturated heterocycles. The predicted octanol–water partition coefficient (Wildman–Crippen LogP) is 4.80. The van der Waals surface area contributed by atoms with Gasteiger partial charge in [-0.05, 0) is 31.5 Å². The van der Waals surface area contributed by atoms with Crippen LogP contribution in [0.2, 0.25) is 0 Å². The number of hydrogen-bond acceptors (Lipinski definition) is 1. The molecule has 2 heteroatoms. The normalized spacial score (nSPS) is 12.2. The van der Waals surface area contributed by atoms with E-state index in [9.17, 15) is 0 Å². The van der Waals surface area contributed by atoms with E-state index in [0.717, 1.165) is 13.1 Å². The first-order valence-electron chi connectivity index (χ1n) is 6.71. The molecule has 0 radical (unpaired) electrons. The summed E-state index contributed by atoms with van der Waals surface area (Å²) in [4.78, 5) is 2.30. The lowest BCUT2D eigenvalue weighted by Crippen LogP contribution is -2.26. The Hall–Kier alpha value is -1.47. The Bertz CT molecular complexity index is 492. The lowest BCUT2D eigenvalue weighted by atomic mass is 10.1. The minimum absolute atomic E-state index is 0.0146. The number of alkyl halides is 1. The smallest absolute Gasteiger partial charge is 0.0760 e. The molecule has 0 aliphatic carbocycles. The Morgan fingerprint density at radius 1 is 1.00 bits per heavy atom. The molecular weight excluding hydrogens is 254 g/mol. The van der Waals surface area contributed by atoms with Crippen LogP contribution in [0.4, 0.5) is 5.69 Å². The second-order valence-electron chi connectivity index (χ2n) is 4.75. The van der Waals surface area contributed by atoms with Crippen LogP contribution in [0.5, 0.6) is 0 Å². The number of aryl methyl sites for hydroxylation is 1. The molecule has 2 rings (SSSR count). The average molecular weight is 274 g/mol. The Morgan fingerprint density at radius 2 is 1.63 bits per heavy atom. The number of benzene rings is 2. The van der Waals surface area contributed by atoms with Gasteiger partial charge < -0.3 is 4.90 Å². The largest absolute Gasteiger partial charge is 0.370 e. The van der Waals surface area contributed by atoms with Gasteiger partial charge in [0.1, 0.15) is 0 Å². The number of anilines is 1. The van der Waals surface area contributed by atoms with Crippen molar-refractivity contribution in [3.05, 3.63) is 65.7 Å². The fourth-order valence-electron chi connectivity index (χ4n) is 2.13. The standard InChI is InChI=1S/C17H20ClN/c1-3-19(16-7-5-4-6-8-16)13-17(18)15-11-9-14(2)10-12-15/h4-12,17H,3,13H2,1-2H3. The second-order valence-corrected chi connectivity index (χ2v) is 5.28. The maximum absolute atomic E-state index is 6.54. The van der Waals surface area contributed by atoms with Crippen molar-refractivity contribution in [2.45, 2.75) is 19.2 Å². The molecule has 0 fully saturated rings. The van der Waals surface area contributed by atoms with Crippen molar-refractivity contribution < 1.29 is 0 Å². The Kier molecular flexibility index (Phi) is 4.86. The van der Waals surface area contributed by atoms with E-state index in [4.69, 9.17) is 11.6 Å². The summed E-state index contributed by atoms with van der Waals surface area (Å²) in [6, 6.07) is 18.9. The van der Waals surface area contributed by atoms with E-state index < -0.39 is 0 Å². The zero-order valence-corrected chi connectivity index (χ0v) is 12.3. The van der Waals surface area contributed by atoms with Gasteiger partial charge in [-0.3, -0.25) is 0 Å². The summed E-state index contributed by atoms with van der Waals surface area (Å²) < 4.78 is 0. The van der Waals surface area contributed by atoms with Crippen LogP contribution in [0.15, 0.2) is 54.6 Å². The van der Waals surface area contributed by atoms with Crippen LogP contribution in [-0.2, 0) is 0 Å². The van der Waals surface area contributed by atoms with Gasteiger partial charge in [-0.2, -0.15) is 0 Å². The highest BCUT2D eigenvalue weighted by molar-refractivity contribution is 6.21. The molecule has 0 aliphatic rings. The van der Waals surface area contributed by atoms with Gasteiger partial charge in [-0.15, -0.1) is 11.6 Å². The number of rotatable bonds is 5. The molecule has 100 valence electrons. The van der Waals surface area contributed by atoms with Crippen LogP contribution >= 0.6 is 11.6 Å². The number of likely N-dealkylation sites (N-methyl/N-ethyl adjacent to an activating group) is 1. The summed E-state index contributed by atoms with van der Waals surface area (Å²) >= 11 is 6.54. The van der Waals surface area contributed by atoms with Crippen molar-refractivity contribution in [3.63, 3.8) is 0 Å². The molecule has 2 aromatic rings. The number of nitrogens with zero attached hydrogens (tertiary/aromatic N) is 1. The third-order valence-electron chi connectivity index (χ3n) is 3.32. The molecule has 0 aromatic heterocycles. The van der Waals surface area contributed by atoms with Crippen molar-refractivity contribution in [1.82, 2.24) is 0 Å². The lowest BCUT2D eigenvalue weighted by molar-refractivity contribution is 0.790. The minimum atomic E-state index is 0.0146. The topological polar surface area (TPSA) is 3.24 Å². The third-order valence-corrected chi connectivity index (χ3v) is 3.71. The van der Waals surface area contributed by atoms with Gasteiger partial charge in [0.15, 0.2) is 0 Å². The summed E-state index contributed by atoms with van der Waals surface area (Å²) in [7, 11) is 0. The quantitative estimate of drug-likeness (QED) is 0.707. The summed E-state index contributed by atoms with van der Waals surface area (Å²) in [6.45, 7) is 6.03. The average Bonchev–Trinajstić information content (AvgIpc) is 2.46. The van der Waals surface area contributed by atoms with E-state index in [-0.39, 0.29) is 5.38 Å². The first-order valence-corrected chi connectivity index (χ1v) is 7.15. The van der Waals surface area contributed by atoms with Crippen LogP contribution in [0.3, 0.4) is 0 Å². The van der Waals surface area contributed by atoms with E-state index in [0.29, 0.717) is 0 Å². The SMILES string of the molecule is CCN(CC(Cl)c1ccc(C)cc1)c1ccccc1. The predicted molar refractivity (Wildman–Crippen MR) is 84.1 cm³/mol. The molecule has 0 heterocycles. The Labute approximate surface area is 120 Å². The minimum Gasteiger partial charge on any atom is -0.370 e.